The highest BCUT2D eigenvalue weighted by Crippen LogP contribution is 2.24. The third-order valence-corrected chi connectivity index (χ3v) is 2.88. The summed E-state index contributed by atoms with van der Waals surface area (Å²) in [6, 6.07) is 5.00. The molecule has 2 aromatic rings. The number of carbonyl (C=O) groups is 1. The van der Waals surface area contributed by atoms with Crippen molar-refractivity contribution >= 4 is 29.2 Å². The van der Waals surface area contributed by atoms with Crippen LogP contribution in [0.15, 0.2) is 24.4 Å². The number of hydrogen-bond donors (Lipinski definition) is 0. The zero-order valence-electron chi connectivity index (χ0n) is 9.43. The number of benzene rings is 1. The second-order valence-corrected chi connectivity index (χ2v) is 4.18. The molecule has 1 aromatic heterocycles. The lowest BCUT2D eigenvalue weighted by Gasteiger charge is -2.01. The van der Waals surface area contributed by atoms with E-state index in [4.69, 9.17) is 27.9 Å². The molecule has 0 atom stereocenters. The van der Waals surface area contributed by atoms with Gasteiger partial charge in [-0.05, 0) is 25.1 Å². The zero-order chi connectivity index (χ0) is 13.1. The molecule has 0 N–H and O–H groups in total. The summed E-state index contributed by atoms with van der Waals surface area (Å²) in [5.41, 5.74) is 0.801. The summed E-state index contributed by atoms with van der Waals surface area (Å²) >= 11 is 11.7. The lowest BCUT2D eigenvalue weighted by Crippen LogP contribution is -2.04. The Kier molecular flexibility index (Phi) is 3.84. The van der Waals surface area contributed by atoms with E-state index in [0.29, 0.717) is 22.3 Å². The summed E-state index contributed by atoms with van der Waals surface area (Å²) in [5.74, 6) is -0.510. The van der Waals surface area contributed by atoms with Crippen molar-refractivity contribution in [3.05, 3.63) is 40.1 Å². The number of nitrogens with zero attached hydrogens (tertiary/aromatic N) is 3. The van der Waals surface area contributed by atoms with E-state index in [1.165, 1.54) is 10.9 Å². The Bertz CT molecular complexity index is 583. The smallest absolute Gasteiger partial charge is 0.360 e. The van der Waals surface area contributed by atoms with Gasteiger partial charge in [0.05, 0.1) is 28.5 Å². The molecule has 5 nitrogen and oxygen atoms in total. The molecule has 7 heteroatoms. The molecule has 94 valence electrons. The molecule has 2 rings (SSSR count). The van der Waals surface area contributed by atoms with E-state index in [2.05, 4.69) is 10.3 Å². The number of esters is 1. The van der Waals surface area contributed by atoms with Crippen LogP contribution in [0.4, 0.5) is 0 Å². The van der Waals surface area contributed by atoms with Crippen LogP contribution < -0.4 is 0 Å². The third kappa shape index (κ3) is 2.63. The first-order chi connectivity index (χ1) is 8.61. The molecule has 0 aliphatic carbocycles. The first kappa shape index (κ1) is 12.9. The van der Waals surface area contributed by atoms with Gasteiger partial charge in [-0.3, -0.25) is 0 Å². The van der Waals surface area contributed by atoms with E-state index in [-0.39, 0.29) is 5.69 Å². The van der Waals surface area contributed by atoms with Crippen LogP contribution in [0.25, 0.3) is 5.69 Å². The molecule has 1 aromatic carbocycles. The molecule has 0 fully saturated rings. The molecule has 0 amide bonds. The van der Waals surface area contributed by atoms with Crippen LogP contribution in [-0.4, -0.2) is 27.6 Å². The Balaban J connectivity index is 2.29. The van der Waals surface area contributed by atoms with Crippen molar-refractivity contribution in [2.45, 2.75) is 6.92 Å². The van der Waals surface area contributed by atoms with E-state index in [9.17, 15) is 4.79 Å². The van der Waals surface area contributed by atoms with Gasteiger partial charge in [-0.2, -0.15) is 0 Å². The van der Waals surface area contributed by atoms with Gasteiger partial charge in [-0.1, -0.05) is 28.4 Å². The van der Waals surface area contributed by atoms with Crippen LogP contribution >= 0.6 is 23.2 Å². The fraction of sp³-hybridized carbons (Fsp3) is 0.182. The summed E-state index contributed by atoms with van der Waals surface area (Å²) in [6.45, 7) is 2.01. The van der Waals surface area contributed by atoms with Crippen molar-refractivity contribution in [3.8, 4) is 5.69 Å². The highest BCUT2D eigenvalue weighted by atomic mass is 35.5. The highest BCUT2D eigenvalue weighted by molar-refractivity contribution is 6.42. The fourth-order valence-corrected chi connectivity index (χ4v) is 1.61. The second kappa shape index (κ2) is 5.37. The molecule has 0 saturated heterocycles. The normalized spacial score (nSPS) is 10.4. The molecule has 0 aliphatic rings. The number of hydrogen-bond acceptors (Lipinski definition) is 4. The van der Waals surface area contributed by atoms with Crippen molar-refractivity contribution in [3.63, 3.8) is 0 Å². The maximum absolute atomic E-state index is 11.4. The average Bonchev–Trinajstić information content (AvgIpc) is 2.82. The van der Waals surface area contributed by atoms with E-state index in [1.807, 2.05) is 0 Å². The minimum Gasteiger partial charge on any atom is -0.461 e. The largest absolute Gasteiger partial charge is 0.461 e. The number of halogens is 2. The van der Waals surface area contributed by atoms with Crippen molar-refractivity contribution in [2.75, 3.05) is 6.61 Å². The van der Waals surface area contributed by atoms with Crippen molar-refractivity contribution < 1.29 is 9.53 Å². The van der Waals surface area contributed by atoms with Crippen LogP contribution in [0, 0.1) is 0 Å². The first-order valence-corrected chi connectivity index (χ1v) is 5.92. The Morgan fingerprint density at radius 1 is 1.39 bits per heavy atom. The maximum Gasteiger partial charge on any atom is 0.360 e. The molecule has 18 heavy (non-hydrogen) atoms. The van der Waals surface area contributed by atoms with E-state index >= 15 is 0 Å². The van der Waals surface area contributed by atoms with Gasteiger partial charge in [0.15, 0.2) is 5.69 Å². The van der Waals surface area contributed by atoms with Gasteiger partial charge < -0.3 is 4.74 Å². The average molecular weight is 286 g/mol. The van der Waals surface area contributed by atoms with Gasteiger partial charge in [0.25, 0.3) is 0 Å². The molecule has 0 bridgehead atoms. The summed E-state index contributed by atoms with van der Waals surface area (Å²) in [6.07, 6.45) is 1.47. The molecular formula is C11H9Cl2N3O2. The topological polar surface area (TPSA) is 57.0 Å². The fourth-order valence-electron chi connectivity index (χ4n) is 1.32. The predicted molar refractivity (Wildman–Crippen MR) is 67.3 cm³/mol. The van der Waals surface area contributed by atoms with Crippen molar-refractivity contribution in [2.24, 2.45) is 0 Å². The van der Waals surface area contributed by atoms with Gasteiger partial charge in [-0.25, -0.2) is 9.48 Å². The standard InChI is InChI=1S/C11H9Cl2N3O2/c1-2-18-11(17)10-6-16(15-14-10)7-3-4-8(12)9(13)5-7/h3-6H,2H2,1H3. The Morgan fingerprint density at radius 2 is 2.17 bits per heavy atom. The number of rotatable bonds is 3. The van der Waals surface area contributed by atoms with Gasteiger partial charge in [0.1, 0.15) is 0 Å². The summed E-state index contributed by atoms with van der Waals surface area (Å²) < 4.78 is 6.24. The number of ether oxygens (including phenoxy) is 1. The third-order valence-electron chi connectivity index (χ3n) is 2.15. The number of aromatic nitrogens is 3. The highest BCUT2D eigenvalue weighted by Gasteiger charge is 2.12. The van der Waals surface area contributed by atoms with Crippen LogP contribution in [0.5, 0.6) is 0 Å². The van der Waals surface area contributed by atoms with Crippen molar-refractivity contribution in [1.82, 2.24) is 15.0 Å². The van der Waals surface area contributed by atoms with E-state index < -0.39 is 5.97 Å². The summed E-state index contributed by atoms with van der Waals surface area (Å²) in [4.78, 5) is 11.4. The molecular weight excluding hydrogens is 277 g/mol. The summed E-state index contributed by atoms with van der Waals surface area (Å²) in [7, 11) is 0. The van der Waals surface area contributed by atoms with Gasteiger partial charge in [0.2, 0.25) is 0 Å². The minimum absolute atomic E-state index is 0.142. The molecule has 1 heterocycles. The van der Waals surface area contributed by atoms with Crippen LogP contribution in [0.3, 0.4) is 0 Å². The Labute approximate surface area is 113 Å². The monoisotopic (exact) mass is 285 g/mol. The quantitative estimate of drug-likeness (QED) is 0.814. The second-order valence-electron chi connectivity index (χ2n) is 3.37. The predicted octanol–water partition coefficient (Wildman–Crippen LogP) is 2.75. The van der Waals surface area contributed by atoms with Crippen LogP contribution in [0.1, 0.15) is 17.4 Å². The zero-order valence-corrected chi connectivity index (χ0v) is 10.9. The molecule has 0 saturated carbocycles. The van der Waals surface area contributed by atoms with Crippen LogP contribution in [-0.2, 0) is 4.74 Å². The van der Waals surface area contributed by atoms with E-state index in [0.717, 1.165) is 0 Å². The van der Waals surface area contributed by atoms with Gasteiger partial charge >= 0.3 is 5.97 Å². The maximum atomic E-state index is 11.4. The lowest BCUT2D eigenvalue weighted by atomic mass is 10.3. The Morgan fingerprint density at radius 3 is 2.83 bits per heavy atom. The molecule has 0 radical (unpaired) electrons. The van der Waals surface area contributed by atoms with Crippen molar-refractivity contribution in [1.29, 1.82) is 0 Å². The van der Waals surface area contributed by atoms with Crippen LogP contribution in [0.2, 0.25) is 10.0 Å². The minimum atomic E-state index is -0.510. The molecule has 0 spiro atoms. The first-order valence-electron chi connectivity index (χ1n) is 5.16. The molecule has 0 aliphatic heterocycles. The molecule has 0 unspecified atom stereocenters. The Hall–Kier alpha value is -1.59. The summed E-state index contributed by atoms with van der Waals surface area (Å²) in [5, 5.41) is 8.41. The van der Waals surface area contributed by atoms with E-state index in [1.54, 1.807) is 25.1 Å². The van der Waals surface area contributed by atoms with Gasteiger partial charge in [-0.15, -0.1) is 5.10 Å². The van der Waals surface area contributed by atoms with Gasteiger partial charge in [0, 0.05) is 0 Å². The SMILES string of the molecule is CCOC(=O)c1cn(-c2ccc(Cl)c(Cl)c2)nn1. The number of carbonyl (C=O) groups excluding carboxylic acids is 1. The lowest BCUT2D eigenvalue weighted by molar-refractivity contribution is 0.0519.